The zero-order valence-corrected chi connectivity index (χ0v) is 32.2. The van der Waals surface area contributed by atoms with Gasteiger partial charge in [0.05, 0.1) is 12.7 Å². The molecule has 3 saturated heterocycles. The Balaban J connectivity index is 0.914. The summed E-state index contributed by atoms with van der Waals surface area (Å²) >= 11 is 6.90. The molecule has 1 unspecified atom stereocenters. The van der Waals surface area contributed by atoms with Crippen LogP contribution >= 0.6 is 11.6 Å². The molecule has 3 aliphatic rings. The number of halogens is 5. The van der Waals surface area contributed by atoms with Crippen LogP contribution in [0.3, 0.4) is 0 Å². The van der Waals surface area contributed by atoms with Crippen LogP contribution in [0.2, 0.25) is 5.02 Å². The van der Waals surface area contributed by atoms with Crippen LogP contribution in [0, 0.1) is 11.7 Å². The van der Waals surface area contributed by atoms with E-state index in [1.165, 1.54) is 22.8 Å². The molecule has 14 heteroatoms. The molecule has 9 nitrogen and oxygen atoms in total. The van der Waals surface area contributed by atoms with Gasteiger partial charge in [0.1, 0.15) is 17.6 Å². The summed E-state index contributed by atoms with van der Waals surface area (Å²) in [6.45, 7) is 4.77. The number of rotatable bonds is 10. The van der Waals surface area contributed by atoms with Gasteiger partial charge in [-0.05, 0) is 142 Å². The van der Waals surface area contributed by atoms with Crippen molar-refractivity contribution < 1.29 is 31.9 Å². The van der Waals surface area contributed by atoms with E-state index in [-0.39, 0.29) is 35.9 Å². The van der Waals surface area contributed by atoms with Gasteiger partial charge in [-0.15, -0.1) is 0 Å². The van der Waals surface area contributed by atoms with Gasteiger partial charge < -0.3 is 19.5 Å². The molecule has 2 amide bonds. The lowest BCUT2D eigenvalue weighted by atomic mass is 9.85. The van der Waals surface area contributed by atoms with Gasteiger partial charge in [0.25, 0.3) is 5.56 Å². The molecule has 298 valence electrons. The molecule has 4 aromatic rings. The molecule has 1 atom stereocenters. The summed E-state index contributed by atoms with van der Waals surface area (Å²) in [5, 5.41) is 6.57. The number of aromatic nitrogens is 1. The highest BCUT2D eigenvalue weighted by Gasteiger charge is 2.37. The molecule has 0 spiro atoms. The van der Waals surface area contributed by atoms with Crippen LogP contribution in [0.4, 0.5) is 23.2 Å². The first-order chi connectivity index (χ1) is 26.8. The lowest BCUT2D eigenvalue weighted by Gasteiger charge is -2.36. The van der Waals surface area contributed by atoms with Crippen LogP contribution < -0.4 is 20.9 Å². The van der Waals surface area contributed by atoms with Gasteiger partial charge in [0, 0.05) is 53.4 Å². The SMILES string of the molecule is COc1cc(-c2cn(C)c(=O)c3ccc(F)cc23)cc(Cl)c1CN1CCC(CCN2CCC(c3ccc(NC4CCC(=O)NC4=O)cc3C(F)(F)F)CC2)CC1. The van der Waals surface area contributed by atoms with Crippen molar-refractivity contribution in [1.82, 2.24) is 19.7 Å². The highest BCUT2D eigenvalue weighted by Crippen LogP contribution is 2.41. The number of anilines is 1. The Labute approximate surface area is 327 Å². The van der Waals surface area contributed by atoms with E-state index in [1.807, 2.05) is 12.1 Å². The molecule has 3 aliphatic heterocycles. The van der Waals surface area contributed by atoms with E-state index in [0.29, 0.717) is 58.0 Å². The average molecular weight is 796 g/mol. The standard InChI is InChI=1S/C42H46ClF4N5O4/c1-50-23-33(32-21-28(44)3-5-31(32)41(50)55)27-19-36(43)34(38(20-27)56-2)24-52-15-10-25(11-16-52)9-14-51-17-12-26(13-18-51)30-6-4-29(22-35(30)42(45,46)47)48-37-7-8-39(53)49-40(37)54/h3-6,19-23,25-26,37,48H,7-18,24H2,1-2H3,(H,49,53,54). The van der Waals surface area contributed by atoms with Crippen molar-refractivity contribution >= 4 is 39.9 Å². The van der Waals surface area contributed by atoms with Crippen LogP contribution in [0.5, 0.6) is 5.75 Å². The number of piperidine rings is 3. The number of alkyl halides is 3. The average Bonchev–Trinajstić information content (AvgIpc) is 3.17. The second-order valence-electron chi connectivity index (χ2n) is 15.4. The molecule has 0 saturated carbocycles. The molecule has 0 aliphatic carbocycles. The molecule has 2 N–H and O–H groups in total. The highest BCUT2D eigenvalue weighted by atomic mass is 35.5. The maximum absolute atomic E-state index is 14.3. The number of pyridine rings is 1. The number of amides is 2. The van der Waals surface area contributed by atoms with Crippen molar-refractivity contribution in [3.8, 4) is 16.9 Å². The Morgan fingerprint density at radius 3 is 2.34 bits per heavy atom. The lowest BCUT2D eigenvalue weighted by molar-refractivity contribution is -0.138. The molecule has 4 heterocycles. The smallest absolute Gasteiger partial charge is 0.416 e. The molecule has 7 rings (SSSR count). The maximum atomic E-state index is 14.3. The van der Waals surface area contributed by atoms with Gasteiger partial charge in [-0.3, -0.25) is 24.6 Å². The number of hydrogen-bond acceptors (Lipinski definition) is 7. The van der Waals surface area contributed by atoms with Gasteiger partial charge in [-0.1, -0.05) is 17.7 Å². The topological polar surface area (TPSA) is 95.9 Å². The summed E-state index contributed by atoms with van der Waals surface area (Å²) in [4.78, 5) is 41.1. The third-order valence-corrected chi connectivity index (χ3v) is 12.1. The number of carbonyl (C=O) groups excluding carboxylic acids is 2. The second kappa shape index (κ2) is 16.6. The normalized spacial score (nSPS) is 19.4. The van der Waals surface area contributed by atoms with Gasteiger partial charge in [-0.25, -0.2) is 4.39 Å². The number of nitrogens with zero attached hydrogens (tertiary/aromatic N) is 3. The van der Waals surface area contributed by atoms with Crippen molar-refractivity contribution in [3.63, 3.8) is 0 Å². The van der Waals surface area contributed by atoms with E-state index in [0.717, 1.165) is 69.2 Å². The molecule has 0 bridgehead atoms. The minimum absolute atomic E-state index is 0.137. The number of benzene rings is 3. The fourth-order valence-electron chi connectivity index (χ4n) is 8.54. The van der Waals surface area contributed by atoms with Crippen LogP contribution in [-0.4, -0.2) is 72.1 Å². The second-order valence-corrected chi connectivity index (χ2v) is 15.8. The fraction of sp³-hybridized carbons (Fsp3) is 0.452. The number of aryl methyl sites for hydroxylation is 1. The zero-order chi connectivity index (χ0) is 39.7. The van der Waals surface area contributed by atoms with Crippen molar-refractivity contribution in [1.29, 1.82) is 0 Å². The number of methoxy groups -OCH3 is 1. The molecule has 3 fully saturated rings. The highest BCUT2D eigenvalue weighted by molar-refractivity contribution is 6.32. The number of hydrogen-bond donors (Lipinski definition) is 2. The Morgan fingerprint density at radius 2 is 1.64 bits per heavy atom. The number of carbonyl (C=O) groups is 2. The number of likely N-dealkylation sites (tertiary alicyclic amines) is 2. The van der Waals surface area contributed by atoms with E-state index in [1.54, 1.807) is 32.5 Å². The van der Waals surface area contributed by atoms with E-state index in [2.05, 4.69) is 20.4 Å². The zero-order valence-electron chi connectivity index (χ0n) is 31.5. The van der Waals surface area contributed by atoms with Gasteiger partial charge in [-0.2, -0.15) is 13.2 Å². The summed E-state index contributed by atoms with van der Waals surface area (Å²) < 4.78 is 64.3. The minimum atomic E-state index is -4.54. The van der Waals surface area contributed by atoms with Gasteiger partial charge >= 0.3 is 6.18 Å². The van der Waals surface area contributed by atoms with Gasteiger partial charge in [0.15, 0.2) is 0 Å². The van der Waals surface area contributed by atoms with E-state index < -0.39 is 29.5 Å². The predicted octanol–water partition coefficient (Wildman–Crippen LogP) is 7.72. The van der Waals surface area contributed by atoms with E-state index in [9.17, 15) is 31.9 Å². The van der Waals surface area contributed by atoms with Crippen molar-refractivity contribution in [2.45, 2.75) is 69.6 Å². The monoisotopic (exact) mass is 795 g/mol. The number of nitrogens with one attached hydrogen (secondary N) is 2. The predicted molar refractivity (Wildman–Crippen MR) is 208 cm³/mol. The molecule has 1 aromatic heterocycles. The summed E-state index contributed by atoms with van der Waals surface area (Å²) in [6.07, 6.45) is 1.88. The molecule has 56 heavy (non-hydrogen) atoms. The Kier molecular flexibility index (Phi) is 11.8. The minimum Gasteiger partial charge on any atom is -0.496 e. The third-order valence-electron chi connectivity index (χ3n) is 11.7. The summed E-state index contributed by atoms with van der Waals surface area (Å²) in [7, 11) is 3.26. The van der Waals surface area contributed by atoms with Crippen LogP contribution in [0.15, 0.2) is 59.5 Å². The third kappa shape index (κ3) is 8.74. The molecular formula is C42H46ClF4N5O4. The molecule has 3 aromatic carbocycles. The Hall–Kier alpha value is -4.46. The quantitative estimate of drug-likeness (QED) is 0.125. The van der Waals surface area contributed by atoms with Crippen LogP contribution in [0.1, 0.15) is 67.6 Å². The summed E-state index contributed by atoms with van der Waals surface area (Å²) in [5.41, 5.74) is 1.89. The van der Waals surface area contributed by atoms with Crippen LogP contribution in [0.25, 0.3) is 21.9 Å². The van der Waals surface area contributed by atoms with Gasteiger partial charge in [0.2, 0.25) is 11.8 Å². The van der Waals surface area contributed by atoms with Crippen molar-refractivity contribution in [2.75, 3.05) is 45.2 Å². The Morgan fingerprint density at radius 1 is 0.911 bits per heavy atom. The fourth-order valence-corrected chi connectivity index (χ4v) is 8.81. The van der Waals surface area contributed by atoms with Crippen molar-refractivity contribution in [2.24, 2.45) is 13.0 Å². The summed E-state index contributed by atoms with van der Waals surface area (Å²) in [5.74, 6) is -0.381. The number of fused-ring (bicyclic) bond motifs is 1. The molecule has 0 radical (unpaired) electrons. The number of imide groups is 1. The maximum Gasteiger partial charge on any atom is 0.416 e. The number of ether oxygens (including phenoxy) is 1. The van der Waals surface area contributed by atoms with E-state index >= 15 is 0 Å². The lowest BCUT2D eigenvalue weighted by Crippen LogP contribution is -2.47. The Bertz CT molecular complexity index is 2180. The first kappa shape index (κ1) is 39.8. The largest absolute Gasteiger partial charge is 0.496 e. The molecular weight excluding hydrogens is 750 g/mol. The first-order valence-electron chi connectivity index (χ1n) is 19.2. The first-order valence-corrected chi connectivity index (χ1v) is 19.6. The van der Waals surface area contributed by atoms with Crippen LogP contribution in [-0.2, 0) is 29.4 Å². The summed E-state index contributed by atoms with van der Waals surface area (Å²) in [6, 6.07) is 11.4. The van der Waals surface area contributed by atoms with E-state index in [4.69, 9.17) is 16.3 Å². The van der Waals surface area contributed by atoms with Crippen molar-refractivity contribution in [3.05, 3.63) is 92.6 Å².